The quantitative estimate of drug-likeness (QED) is 0.478. The maximum absolute atomic E-state index is 9.86. The van der Waals surface area contributed by atoms with Crippen LogP contribution in [0, 0.1) is 11.3 Å². The van der Waals surface area contributed by atoms with E-state index in [-0.39, 0.29) is 11.8 Å². The molecule has 4 nitrogen and oxygen atoms in total. The van der Waals surface area contributed by atoms with Crippen LogP contribution < -0.4 is 15.2 Å². The average Bonchev–Trinajstić information content (AvgIpc) is 2.82. The highest BCUT2D eigenvalue weighted by molar-refractivity contribution is 5.90. The second-order valence-corrected chi connectivity index (χ2v) is 7.47. The molecule has 4 heteroatoms. The lowest BCUT2D eigenvalue weighted by molar-refractivity contribution is 0.306. The molecule has 150 valence electrons. The van der Waals surface area contributed by atoms with Crippen molar-refractivity contribution < 1.29 is 9.47 Å². The standard InChI is InChI=1S/C27H20N2O2/c28-16-23-25(20-10-13-21(14-11-20)30-17-18-6-2-1-3-7-18)26-22-9-5-4-8-19(22)12-15-24(26)31-27(23)29/h1-15,25H,17,29H2/t25-/m0/s1. The number of nitrogens with two attached hydrogens (primary N) is 1. The van der Waals surface area contributed by atoms with Crippen molar-refractivity contribution in [1.82, 2.24) is 0 Å². The Kier molecular flexibility index (Phi) is 4.78. The Morgan fingerprint density at radius 1 is 0.871 bits per heavy atom. The van der Waals surface area contributed by atoms with Crippen molar-refractivity contribution in [2.24, 2.45) is 5.73 Å². The molecule has 1 aliphatic heterocycles. The second-order valence-electron chi connectivity index (χ2n) is 7.47. The summed E-state index contributed by atoms with van der Waals surface area (Å²) in [5.74, 6) is 1.31. The number of nitriles is 1. The molecule has 1 aliphatic rings. The van der Waals surface area contributed by atoms with Crippen molar-refractivity contribution in [3.8, 4) is 17.6 Å². The zero-order valence-electron chi connectivity index (χ0n) is 16.8. The monoisotopic (exact) mass is 404 g/mol. The zero-order chi connectivity index (χ0) is 21.2. The molecule has 0 saturated heterocycles. The minimum absolute atomic E-state index is 0.152. The van der Waals surface area contributed by atoms with Gasteiger partial charge in [-0.2, -0.15) is 5.26 Å². The predicted molar refractivity (Wildman–Crippen MR) is 120 cm³/mol. The number of ether oxygens (including phenoxy) is 2. The zero-order valence-corrected chi connectivity index (χ0v) is 16.8. The van der Waals surface area contributed by atoms with Crippen LogP contribution in [0.1, 0.15) is 22.6 Å². The number of benzene rings is 4. The van der Waals surface area contributed by atoms with Crippen molar-refractivity contribution in [1.29, 1.82) is 5.26 Å². The summed E-state index contributed by atoms with van der Waals surface area (Å²) in [4.78, 5) is 0. The Balaban J connectivity index is 1.53. The summed E-state index contributed by atoms with van der Waals surface area (Å²) in [6.45, 7) is 0.501. The highest BCUT2D eigenvalue weighted by atomic mass is 16.5. The van der Waals surface area contributed by atoms with E-state index in [4.69, 9.17) is 15.2 Å². The highest BCUT2D eigenvalue weighted by Gasteiger charge is 2.32. The van der Waals surface area contributed by atoms with Crippen LogP contribution in [-0.2, 0) is 6.61 Å². The molecule has 0 unspecified atom stereocenters. The summed E-state index contributed by atoms with van der Waals surface area (Å²) >= 11 is 0. The van der Waals surface area contributed by atoms with Crippen LogP contribution in [0.5, 0.6) is 11.5 Å². The number of allylic oxidation sites excluding steroid dienone is 1. The third-order valence-electron chi connectivity index (χ3n) is 5.58. The van der Waals surface area contributed by atoms with Gasteiger partial charge in [0.15, 0.2) is 0 Å². The van der Waals surface area contributed by atoms with Gasteiger partial charge in [0, 0.05) is 5.56 Å². The van der Waals surface area contributed by atoms with Crippen LogP contribution >= 0.6 is 0 Å². The lowest BCUT2D eigenvalue weighted by Gasteiger charge is -2.28. The van der Waals surface area contributed by atoms with E-state index < -0.39 is 0 Å². The Labute approximate surface area is 180 Å². The Hall–Kier alpha value is -4.23. The molecule has 0 saturated carbocycles. The molecule has 0 aliphatic carbocycles. The van der Waals surface area contributed by atoms with Crippen LogP contribution in [0.15, 0.2) is 102 Å². The molecule has 4 aromatic rings. The summed E-state index contributed by atoms with van der Waals surface area (Å²) in [6.07, 6.45) is 0. The number of nitrogens with zero attached hydrogens (tertiary/aromatic N) is 1. The third kappa shape index (κ3) is 3.47. The molecule has 2 N–H and O–H groups in total. The molecule has 0 amide bonds. The van der Waals surface area contributed by atoms with Gasteiger partial charge in [-0.25, -0.2) is 0 Å². The van der Waals surface area contributed by atoms with E-state index in [1.54, 1.807) is 0 Å². The Morgan fingerprint density at radius 3 is 2.39 bits per heavy atom. The minimum Gasteiger partial charge on any atom is -0.489 e. The SMILES string of the molecule is N#CC1=C(N)Oc2ccc3ccccc3c2[C@H]1c1ccc(OCc2ccccc2)cc1. The van der Waals surface area contributed by atoms with Crippen LogP contribution in [0.3, 0.4) is 0 Å². The number of rotatable bonds is 4. The molecule has 0 fully saturated rings. The van der Waals surface area contributed by atoms with E-state index in [0.717, 1.165) is 33.2 Å². The predicted octanol–water partition coefficient (Wildman–Crippen LogP) is 5.64. The largest absolute Gasteiger partial charge is 0.489 e. The van der Waals surface area contributed by atoms with Crippen LogP contribution in [0.2, 0.25) is 0 Å². The lowest BCUT2D eigenvalue weighted by Crippen LogP contribution is -2.21. The van der Waals surface area contributed by atoms with Crippen LogP contribution in [-0.4, -0.2) is 0 Å². The summed E-state index contributed by atoms with van der Waals surface area (Å²) < 4.78 is 11.7. The highest BCUT2D eigenvalue weighted by Crippen LogP contribution is 2.45. The Bertz CT molecular complexity index is 1320. The summed E-state index contributed by atoms with van der Waals surface area (Å²) in [7, 11) is 0. The molecule has 0 bridgehead atoms. The molecular weight excluding hydrogens is 384 g/mol. The maximum atomic E-state index is 9.86. The fourth-order valence-corrected chi connectivity index (χ4v) is 4.07. The molecule has 1 heterocycles. The molecule has 4 aromatic carbocycles. The van der Waals surface area contributed by atoms with Crippen molar-refractivity contribution in [2.45, 2.75) is 12.5 Å². The molecule has 31 heavy (non-hydrogen) atoms. The van der Waals surface area contributed by atoms with Crippen LogP contribution in [0.4, 0.5) is 0 Å². The maximum Gasteiger partial charge on any atom is 0.205 e. The van der Waals surface area contributed by atoms with Gasteiger partial charge in [0.2, 0.25) is 5.88 Å². The van der Waals surface area contributed by atoms with Crippen molar-refractivity contribution in [2.75, 3.05) is 0 Å². The molecule has 0 aromatic heterocycles. The van der Waals surface area contributed by atoms with Crippen LogP contribution in [0.25, 0.3) is 10.8 Å². The van der Waals surface area contributed by atoms with Gasteiger partial charge in [0.05, 0.1) is 5.92 Å². The number of fused-ring (bicyclic) bond motifs is 3. The van der Waals surface area contributed by atoms with Gasteiger partial charge >= 0.3 is 0 Å². The van der Waals surface area contributed by atoms with Gasteiger partial charge in [-0.15, -0.1) is 0 Å². The first-order valence-corrected chi connectivity index (χ1v) is 10.1. The van der Waals surface area contributed by atoms with Gasteiger partial charge in [0.25, 0.3) is 0 Å². The van der Waals surface area contributed by atoms with Gasteiger partial charge in [-0.05, 0) is 40.1 Å². The Morgan fingerprint density at radius 2 is 1.61 bits per heavy atom. The smallest absolute Gasteiger partial charge is 0.205 e. The van der Waals surface area contributed by atoms with E-state index in [9.17, 15) is 5.26 Å². The fraction of sp³-hybridized carbons (Fsp3) is 0.0741. The second kappa shape index (κ2) is 7.89. The topological polar surface area (TPSA) is 68.3 Å². The first-order valence-electron chi connectivity index (χ1n) is 10.1. The van der Waals surface area contributed by atoms with E-state index in [1.807, 2.05) is 78.9 Å². The van der Waals surface area contributed by atoms with E-state index in [0.29, 0.717) is 17.9 Å². The van der Waals surface area contributed by atoms with E-state index in [2.05, 4.69) is 18.2 Å². The molecule has 0 spiro atoms. The molecule has 0 radical (unpaired) electrons. The van der Waals surface area contributed by atoms with E-state index in [1.165, 1.54) is 0 Å². The third-order valence-corrected chi connectivity index (χ3v) is 5.58. The van der Waals surface area contributed by atoms with Crippen molar-refractivity contribution in [3.63, 3.8) is 0 Å². The van der Waals surface area contributed by atoms with Gasteiger partial charge in [-0.1, -0.05) is 72.8 Å². The van der Waals surface area contributed by atoms with Gasteiger partial charge in [-0.3, -0.25) is 0 Å². The lowest BCUT2D eigenvalue weighted by atomic mass is 9.81. The first-order chi connectivity index (χ1) is 15.2. The van der Waals surface area contributed by atoms with E-state index >= 15 is 0 Å². The normalized spacial score (nSPS) is 15.1. The van der Waals surface area contributed by atoms with Gasteiger partial charge in [0.1, 0.15) is 29.7 Å². The molecule has 5 rings (SSSR count). The summed E-state index contributed by atoms with van der Waals surface area (Å²) in [5, 5.41) is 12.0. The fourth-order valence-electron chi connectivity index (χ4n) is 4.07. The number of hydrogen-bond donors (Lipinski definition) is 1. The number of hydrogen-bond acceptors (Lipinski definition) is 4. The van der Waals surface area contributed by atoms with Crippen molar-refractivity contribution >= 4 is 10.8 Å². The first kappa shape index (κ1) is 18.8. The minimum atomic E-state index is -0.303. The van der Waals surface area contributed by atoms with Crippen molar-refractivity contribution in [3.05, 3.63) is 119 Å². The van der Waals surface area contributed by atoms with Gasteiger partial charge < -0.3 is 15.2 Å². The molecule has 1 atom stereocenters. The average molecular weight is 404 g/mol. The summed E-state index contributed by atoms with van der Waals surface area (Å²) in [6, 6.07) is 32.2. The summed E-state index contributed by atoms with van der Waals surface area (Å²) in [5.41, 5.74) is 9.58. The molecular formula is C27H20N2O2.